The minimum atomic E-state index is -4.23. The van der Waals surface area contributed by atoms with Crippen LogP contribution in [0.4, 0.5) is 19.1 Å². The number of aromatic nitrogens is 2. The number of alkyl halides is 3. The van der Waals surface area contributed by atoms with Gasteiger partial charge in [0.05, 0.1) is 4.90 Å². The molecule has 6 nitrogen and oxygen atoms in total. The summed E-state index contributed by atoms with van der Waals surface area (Å²) in [6, 6.07) is 7.30. The van der Waals surface area contributed by atoms with Gasteiger partial charge >= 0.3 is 6.18 Å². The second kappa shape index (κ2) is 7.14. The first kappa shape index (κ1) is 18.1. The third kappa shape index (κ3) is 5.78. The van der Waals surface area contributed by atoms with Gasteiger partial charge in [-0.1, -0.05) is 12.1 Å². The number of aryl methyl sites for hydroxylation is 1. The van der Waals surface area contributed by atoms with Crippen LogP contribution < -0.4 is 10.5 Å². The van der Waals surface area contributed by atoms with E-state index >= 15 is 0 Å². The summed E-state index contributed by atoms with van der Waals surface area (Å²) in [5.74, 6) is 0.199. The molecule has 0 spiro atoms. The Labute approximate surface area is 137 Å². The van der Waals surface area contributed by atoms with Crippen molar-refractivity contribution in [2.24, 2.45) is 5.14 Å². The summed E-state index contributed by atoms with van der Waals surface area (Å²) in [6.45, 7) is 0.285. The predicted molar refractivity (Wildman–Crippen MR) is 81.5 cm³/mol. The Morgan fingerprint density at radius 1 is 1.12 bits per heavy atom. The number of hydrogen-bond donors (Lipinski definition) is 2. The lowest BCUT2D eigenvalue weighted by Gasteiger charge is -2.08. The van der Waals surface area contributed by atoms with Gasteiger partial charge in [0.25, 0.3) is 0 Å². The topological polar surface area (TPSA) is 98.0 Å². The maximum atomic E-state index is 12.2. The maximum Gasteiger partial charge on any atom is 0.389 e. The molecule has 1 heterocycles. The van der Waals surface area contributed by atoms with Crippen LogP contribution in [-0.4, -0.2) is 24.6 Å². The van der Waals surface area contributed by atoms with Crippen LogP contribution in [0, 0.1) is 0 Å². The summed E-state index contributed by atoms with van der Waals surface area (Å²) in [5.41, 5.74) is 1.03. The zero-order valence-corrected chi connectivity index (χ0v) is 13.2. The van der Waals surface area contributed by atoms with Gasteiger partial charge in [0, 0.05) is 24.9 Å². The van der Waals surface area contributed by atoms with Crippen molar-refractivity contribution >= 4 is 16.0 Å². The van der Waals surface area contributed by atoms with Crippen molar-refractivity contribution in [1.82, 2.24) is 9.97 Å². The number of sulfonamides is 1. The zero-order valence-electron chi connectivity index (χ0n) is 12.4. The number of anilines is 1. The summed E-state index contributed by atoms with van der Waals surface area (Å²) in [5, 5.41) is 7.88. The second-order valence-corrected chi connectivity index (χ2v) is 6.59. The zero-order chi connectivity index (χ0) is 17.8. The van der Waals surface area contributed by atoms with Crippen LogP contribution in [-0.2, 0) is 23.0 Å². The van der Waals surface area contributed by atoms with Crippen molar-refractivity contribution in [3.63, 3.8) is 0 Å². The molecule has 1 aromatic heterocycles. The van der Waals surface area contributed by atoms with Crippen molar-refractivity contribution in [3.8, 4) is 0 Å². The van der Waals surface area contributed by atoms with E-state index in [1.165, 1.54) is 24.4 Å². The second-order valence-electron chi connectivity index (χ2n) is 5.03. The lowest BCUT2D eigenvalue weighted by molar-refractivity contribution is -0.134. The lowest BCUT2D eigenvalue weighted by Crippen LogP contribution is -2.12. The predicted octanol–water partition coefficient (Wildman–Crippen LogP) is 2.23. The normalized spacial score (nSPS) is 12.2. The lowest BCUT2D eigenvalue weighted by atomic mass is 10.2. The Bertz CT molecular complexity index is 792. The fourth-order valence-electron chi connectivity index (χ4n) is 1.87. The number of halogens is 3. The van der Waals surface area contributed by atoms with Crippen LogP contribution in [0.1, 0.15) is 17.7 Å². The Kier molecular flexibility index (Phi) is 5.40. The van der Waals surface area contributed by atoms with Crippen molar-refractivity contribution in [3.05, 3.63) is 47.8 Å². The molecule has 130 valence electrons. The van der Waals surface area contributed by atoms with E-state index in [0.717, 1.165) is 5.56 Å². The van der Waals surface area contributed by atoms with Gasteiger partial charge in [-0.15, -0.1) is 0 Å². The number of nitrogens with two attached hydrogens (primary N) is 1. The van der Waals surface area contributed by atoms with E-state index in [0.29, 0.717) is 0 Å². The van der Waals surface area contributed by atoms with E-state index in [4.69, 9.17) is 5.14 Å². The maximum absolute atomic E-state index is 12.2. The number of hydrogen-bond acceptors (Lipinski definition) is 5. The highest BCUT2D eigenvalue weighted by Gasteiger charge is 2.26. The van der Waals surface area contributed by atoms with Crippen molar-refractivity contribution in [2.75, 3.05) is 5.32 Å². The van der Waals surface area contributed by atoms with E-state index in [9.17, 15) is 21.6 Å². The minimum Gasteiger partial charge on any atom is -0.350 e. The first-order valence-corrected chi connectivity index (χ1v) is 8.42. The summed E-state index contributed by atoms with van der Waals surface area (Å²) in [7, 11) is -3.75. The van der Waals surface area contributed by atoms with Crippen LogP contribution in [0.25, 0.3) is 0 Å². The first-order valence-electron chi connectivity index (χ1n) is 6.88. The number of rotatable bonds is 6. The molecule has 3 N–H and O–H groups in total. The van der Waals surface area contributed by atoms with Gasteiger partial charge in [-0.05, 0) is 30.2 Å². The molecule has 0 radical (unpaired) electrons. The molecular formula is C14H15F3N4O2S. The summed E-state index contributed by atoms with van der Waals surface area (Å²) in [6.07, 6.45) is -4.02. The molecule has 0 amide bonds. The fraction of sp³-hybridized carbons (Fsp3) is 0.286. The van der Waals surface area contributed by atoms with E-state index in [-0.39, 0.29) is 29.5 Å². The highest BCUT2D eigenvalue weighted by atomic mass is 32.2. The van der Waals surface area contributed by atoms with Crippen LogP contribution in [0.2, 0.25) is 0 Å². The molecule has 0 bridgehead atoms. The number of nitrogens with one attached hydrogen (secondary N) is 1. The van der Waals surface area contributed by atoms with Gasteiger partial charge in [0.2, 0.25) is 16.0 Å². The molecule has 0 aliphatic carbocycles. The number of primary sulfonamides is 1. The molecule has 2 aromatic rings. The summed E-state index contributed by atoms with van der Waals surface area (Å²) in [4.78, 5) is 7.94. The SMILES string of the molecule is NS(=O)(=O)c1ccc(CNc2nccc(CCC(F)(F)F)n2)cc1. The van der Waals surface area contributed by atoms with Crippen LogP contribution in [0.3, 0.4) is 0 Å². The van der Waals surface area contributed by atoms with Crippen LogP contribution in [0.5, 0.6) is 0 Å². The smallest absolute Gasteiger partial charge is 0.350 e. The molecule has 0 saturated carbocycles. The average molecular weight is 360 g/mol. The van der Waals surface area contributed by atoms with Crippen molar-refractivity contribution in [2.45, 2.75) is 30.5 Å². The first-order chi connectivity index (χ1) is 11.1. The van der Waals surface area contributed by atoms with Gasteiger partial charge in [0.15, 0.2) is 0 Å². The highest BCUT2D eigenvalue weighted by Crippen LogP contribution is 2.21. The molecule has 0 unspecified atom stereocenters. The van der Waals surface area contributed by atoms with Gasteiger partial charge in [-0.2, -0.15) is 13.2 Å². The molecule has 1 aromatic carbocycles. The quantitative estimate of drug-likeness (QED) is 0.823. The van der Waals surface area contributed by atoms with Crippen molar-refractivity contribution in [1.29, 1.82) is 0 Å². The Morgan fingerprint density at radius 2 is 1.79 bits per heavy atom. The summed E-state index contributed by atoms with van der Waals surface area (Å²) < 4.78 is 59.0. The molecular weight excluding hydrogens is 345 g/mol. The van der Waals surface area contributed by atoms with Gasteiger partial charge in [-0.25, -0.2) is 23.5 Å². The molecule has 0 fully saturated rings. The van der Waals surface area contributed by atoms with Gasteiger partial charge in [0.1, 0.15) is 0 Å². The van der Waals surface area contributed by atoms with E-state index in [1.54, 1.807) is 12.1 Å². The average Bonchev–Trinajstić information content (AvgIpc) is 2.50. The molecule has 0 saturated heterocycles. The molecule has 2 rings (SSSR count). The standard InChI is InChI=1S/C14H15F3N4O2S/c15-14(16,17)7-5-11-6-8-19-13(21-11)20-9-10-1-3-12(4-2-10)24(18,22)23/h1-4,6,8H,5,7,9H2,(H2,18,22,23)(H,19,20,21). The highest BCUT2D eigenvalue weighted by molar-refractivity contribution is 7.89. The number of benzene rings is 1. The number of nitrogens with zero attached hydrogens (tertiary/aromatic N) is 2. The molecule has 0 atom stereocenters. The van der Waals surface area contributed by atoms with Crippen molar-refractivity contribution < 1.29 is 21.6 Å². The Balaban J connectivity index is 1.97. The van der Waals surface area contributed by atoms with Crippen LogP contribution in [0.15, 0.2) is 41.4 Å². The van der Waals surface area contributed by atoms with E-state index in [1.807, 2.05) is 0 Å². The molecule has 24 heavy (non-hydrogen) atoms. The van der Waals surface area contributed by atoms with Gasteiger partial charge in [-0.3, -0.25) is 0 Å². The van der Waals surface area contributed by atoms with Gasteiger partial charge < -0.3 is 5.32 Å². The summed E-state index contributed by atoms with van der Waals surface area (Å²) >= 11 is 0. The monoisotopic (exact) mass is 360 g/mol. The Morgan fingerprint density at radius 3 is 2.38 bits per heavy atom. The fourth-order valence-corrected chi connectivity index (χ4v) is 2.38. The molecule has 0 aliphatic rings. The van der Waals surface area contributed by atoms with E-state index < -0.39 is 22.6 Å². The molecule has 0 aliphatic heterocycles. The third-order valence-corrected chi connectivity index (χ3v) is 4.01. The minimum absolute atomic E-state index is 0.00310. The molecule has 10 heteroatoms. The third-order valence-electron chi connectivity index (χ3n) is 3.08. The van der Waals surface area contributed by atoms with E-state index in [2.05, 4.69) is 15.3 Å². The largest absolute Gasteiger partial charge is 0.389 e. The Hall–Kier alpha value is -2.20. The van der Waals surface area contributed by atoms with Crippen LogP contribution >= 0.6 is 0 Å².